The Hall–Kier alpha value is -3.54. The molecule has 6 heteroatoms. The van der Waals surface area contributed by atoms with E-state index in [0.29, 0.717) is 10.9 Å². The molecule has 128 valence electrons. The minimum atomic E-state index is -0.924. The predicted molar refractivity (Wildman–Crippen MR) is 95.8 cm³/mol. The van der Waals surface area contributed by atoms with E-state index in [1.165, 1.54) is 6.07 Å². The van der Waals surface area contributed by atoms with Crippen LogP contribution in [0.2, 0.25) is 0 Å². The van der Waals surface area contributed by atoms with Crippen molar-refractivity contribution in [1.82, 2.24) is 10.2 Å². The smallest absolute Gasteiger partial charge is 0.262 e. The number of nitrogens with one attached hydrogen (secondary N) is 2. The predicted octanol–water partition coefficient (Wildman–Crippen LogP) is 4.76. The third kappa shape index (κ3) is 2.82. The molecule has 4 nitrogen and oxygen atoms in total. The number of hydrogen-bond acceptors (Lipinski definition) is 2. The van der Waals surface area contributed by atoms with Crippen molar-refractivity contribution in [2.75, 3.05) is 5.32 Å². The van der Waals surface area contributed by atoms with Crippen LogP contribution < -0.4 is 5.32 Å². The fraction of sp³-hybridized carbons (Fsp3) is 0. The molecule has 0 saturated carbocycles. The van der Waals surface area contributed by atoms with E-state index in [1.54, 1.807) is 0 Å². The van der Waals surface area contributed by atoms with Crippen LogP contribution in [0.15, 0.2) is 66.7 Å². The van der Waals surface area contributed by atoms with Crippen LogP contribution in [0.1, 0.15) is 10.4 Å². The van der Waals surface area contributed by atoms with Gasteiger partial charge >= 0.3 is 0 Å². The van der Waals surface area contributed by atoms with Crippen molar-refractivity contribution in [3.63, 3.8) is 0 Å². The number of aromatic nitrogens is 2. The molecular weight excluding hydrogens is 336 g/mol. The van der Waals surface area contributed by atoms with Crippen molar-refractivity contribution < 1.29 is 13.6 Å². The Kier molecular flexibility index (Phi) is 3.93. The number of carbonyl (C=O) groups is 1. The van der Waals surface area contributed by atoms with E-state index in [9.17, 15) is 13.6 Å². The number of rotatable bonds is 3. The first-order chi connectivity index (χ1) is 12.6. The summed E-state index contributed by atoms with van der Waals surface area (Å²) in [5.41, 5.74) is 2.01. The molecule has 4 aromatic rings. The summed E-state index contributed by atoms with van der Waals surface area (Å²) in [6.45, 7) is 0. The van der Waals surface area contributed by atoms with Crippen LogP contribution in [-0.4, -0.2) is 16.1 Å². The van der Waals surface area contributed by atoms with E-state index in [0.717, 1.165) is 23.3 Å². The minimum Gasteiger partial charge on any atom is -0.304 e. The molecule has 1 amide bonds. The molecule has 0 aliphatic carbocycles. The summed E-state index contributed by atoms with van der Waals surface area (Å²) in [4.78, 5) is 12.3. The molecule has 3 aromatic carbocycles. The van der Waals surface area contributed by atoms with Gasteiger partial charge in [-0.15, -0.1) is 0 Å². The largest absolute Gasteiger partial charge is 0.304 e. The molecule has 4 rings (SSSR count). The average Bonchev–Trinajstić information content (AvgIpc) is 3.04. The van der Waals surface area contributed by atoms with Crippen molar-refractivity contribution in [2.24, 2.45) is 0 Å². The van der Waals surface area contributed by atoms with E-state index in [1.807, 2.05) is 48.5 Å². The number of benzene rings is 3. The number of fused-ring (bicyclic) bond motifs is 1. The van der Waals surface area contributed by atoms with Crippen LogP contribution in [0.25, 0.3) is 22.0 Å². The van der Waals surface area contributed by atoms with Gasteiger partial charge in [-0.1, -0.05) is 42.5 Å². The van der Waals surface area contributed by atoms with Gasteiger partial charge in [-0.05, 0) is 35.4 Å². The van der Waals surface area contributed by atoms with Crippen molar-refractivity contribution in [3.05, 3.63) is 83.9 Å². The second kappa shape index (κ2) is 6.40. The fourth-order valence-electron chi connectivity index (χ4n) is 2.80. The second-order valence-electron chi connectivity index (χ2n) is 5.75. The van der Waals surface area contributed by atoms with Crippen LogP contribution in [0.3, 0.4) is 0 Å². The van der Waals surface area contributed by atoms with E-state index < -0.39 is 23.1 Å². The normalized spacial score (nSPS) is 10.8. The van der Waals surface area contributed by atoms with E-state index in [4.69, 9.17) is 0 Å². The van der Waals surface area contributed by atoms with Crippen LogP contribution in [0.5, 0.6) is 0 Å². The van der Waals surface area contributed by atoms with E-state index in [-0.39, 0.29) is 5.82 Å². The second-order valence-corrected chi connectivity index (χ2v) is 5.75. The lowest BCUT2D eigenvalue weighted by atomic mass is 10.0. The number of halogens is 2. The van der Waals surface area contributed by atoms with E-state index >= 15 is 0 Å². The number of hydrogen-bond donors (Lipinski definition) is 2. The van der Waals surface area contributed by atoms with Crippen LogP contribution in [0, 0.1) is 11.6 Å². The molecule has 0 aliphatic heterocycles. The highest BCUT2D eigenvalue weighted by molar-refractivity contribution is 6.08. The van der Waals surface area contributed by atoms with Crippen molar-refractivity contribution in [1.29, 1.82) is 0 Å². The Balaban J connectivity index is 1.72. The minimum absolute atomic E-state index is 0.213. The van der Waals surface area contributed by atoms with Gasteiger partial charge in [0.05, 0.1) is 5.52 Å². The molecule has 0 unspecified atom stereocenters. The van der Waals surface area contributed by atoms with Gasteiger partial charge in [0.15, 0.2) is 5.82 Å². The molecular formula is C20H13F2N3O. The van der Waals surface area contributed by atoms with Gasteiger partial charge in [-0.25, -0.2) is 8.78 Å². The highest BCUT2D eigenvalue weighted by atomic mass is 19.1. The lowest BCUT2D eigenvalue weighted by molar-refractivity contribution is 0.101. The lowest BCUT2D eigenvalue weighted by Crippen LogP contribution is -2.16. The Labute approximate surface area is 147 Å². The molecule has 1 aromatic heterocycles. The number of carbonyl (C=O) groups excluding carboxylic acids is 1. The molecule has 0 radical (unpaired) electrons. The lowest BCUT2D eigenvalue weighted by Gasteiger charge is -2.06. The molecule has 0 bridgehead atoms. The number of H-pyrrole nitrogens is 1. The Bertz CT molecular complexity index is 1090. The summed E-state index contributed by atoms with van der Waals surface area (Å²) >= 11 is 0. The topological polar surface area (TPSA) is 57.8 Å². The Morgan fingerprint density at radius 1 is 0.885 bits per heavy atom. The summed E-state index contributed by atoms with van der Waals surface area (Å²) in [6, 6.07) is 18.6. The summed E-state index contributed by atoms with van der Waals surface area (Å²) in [5, 5.41) is 9.98. The maximum absolute atomic E-state index is 13.8. The summed E-state index contributed by atoms with van der Waals surface area (Å²) < 4.78 is 27.6. The molecule has 0 atom stereocenters. The number of nitrogens with zero attached hydrogens (tertiary/aromatic N) is 1. The average molecular weight is 349 g/mol. The summed E-state index contributed by atoms with van der Waals surface area (Å²) in [7, 11) is 0. The van der Waals surface area contributed by atoms with Crippen molar-refractivity contribution in [2.45, 2.75) is 0 Å². The number of amides is 1. The quantitative estimate of drug-likeness (QED) is 0.560. The first-order valence-electron chi connectivity index (χ1n) is 7.92. The van der Waals surface area contributed by atoms with Crippen LogP contribution >= 0.6 is 0 Å². The van der Waals surface area contributed by atoms with Gasteiger partial charge in [0.1, 0.15) is 17.2 Å². The molecule has 1 heterocycles. The van der Waals surface area contributed by atoms with Crippen LogP contribution in [0.4, 0.5) is 14.6 Å². The zero-order valence-electron chi connectivity index (χ0n) is 13.5. The molecule has 26 heavy (non-hydrogen) atoms. The number of anilines is 1. The number of aromatic amines is 1. The fourth-order valence-corrected chi connectivity index (χ4v) is 2.80. The monoisotopic (exact) mass is 349 g/mol. The third-order valence-corrected chi connectivity index (χ3v) is 4.09. The third-order valence-electron chi connectivity index (χ3n) is 4.09. The molecule has 0 saturated heterocycles. The maximum Gasteiger partial charge on any atom is 0.262 e. The van der Waals surface area contributed by atoms with Crippen molar-refractivity contribution in [3.8, 4) is 11.1 Å². The molecule has 0 aliphatic rings. The van der Waals surface area contributed by atoms with Crippen LogP contribution in [-0.2, 0) is 0 Å². The highest BCUT2D eigenvalue weighted by Crippen LogP contribution is 2.28. The SMILES string of the molecule is O=C(Nc1n[nH]c2ccc(-c3ccccc3)cc12)c1c(F)cccc1F. The van der Waals surface area contributed by atoms with Gasteiger partial charge in [0.2, 0.25) is 0 Å². The van der Waals surface area contributed by atoms with Gasteiger partial charge in [-0.3, -0.25) is 9.89 Å². The van der Waals surface area contributed by atoms with Gasteiger partial charge < -0.3 is 5.32 Å². The van der Waals surface area contributed by atoms with Gasteiger partial charge in [0.25, 0.3) is 5.91 Å². The van der Waals surface area contributed by atoms with E-state index in [2.05, 4.69) is 15.5 Å². The zero-order valence-corrected chi connectivity index (χ0v) is 13.5. The maximum atomic E-state index is 13.8. The zero-order chi connectivity index (χ0) is 18.1. The standard InChI is InChI=1S/C20H13F2N3O/c21-15-7-4-8-16(22)18(15)20(26)23-19-14-11-13(9-10-17(14)24-25-19)12-5-2-1-3-6-12/h1-11H,(H2,23,24,25,26). The highest BCUT2D eigenvalue weighted by Gasteiger charge is 2.19. The Morgan fingerprint density at radius 3 is 2.35 bits per heavy atom. The molecule has 2 N–H and O–H groups in total. The first-order valence-corrected chi connectivity index (χ1v) is 7.92. The molecule has 0 fully saturated rings. The van der Waals surface area contributed by atoms with Crippen molar-refractivity contribution >= 4 is 22.6 Å². The van der Waals surface area contributed by atoms with Gasteiger partial charge in [-0.2, -0.15) is 5.10 Å². The summed E-state index contributed by atoms with van der Waals surface area (Å²) in [5.74, 6) is -2.52. The molecule has 0 spiro atoms. The Morgan fingerprint density at radius 2 is 1.62 bits per heavy atom. The summed E-state index contributed by atoms with van der Waals surface area (Å²) in [6.07, 6.45) is 0. The van der Waals surface area contributed by atoms with Gasteiger partial charge in [0, 0.05) is 5.39 Å². The first kappa shape index (κ1) is 16.0.